The van der Waals surface area contributed by atoms with Crippen molar-refractivity contribution in [1.82, 2.24) is 9.71 Å². The van der Waals surface area contributed by atoms with E-state index in [4.69, 9.17) is 4.74 Å². The maximum atomic E-state index is 13.7. The van der Waals surface area contributed by atoms with Crippen LogP contribution in [0.5, 0.6) is 5.75 Å². The lowest BCUT2D eigenvalue weighted by Crippen LogP contribution is -2.46. The van der Waals surface area contributed by atoms with Crippen molar-refractivity contribution in [3.05, 3.63) is 64.3 Å². The highest BCUT2D eigenvalue weighted by molar-refractivity contribution is 7.89. The first-order valence-corrected chi connectivity index (χ1v) is 9.98. The third-order valence-electron chi connectivity index (χ3n) is 4.44. The van der Waals surface area contributed by atoms with Gasteiger partial charge in [-0.05, 0) is 30.2 Å². The average molecular weight is 443 g/mol. The fraction of sp³-hybridized carbons (Fsp3) is 0.222. The monoisotopic (exact) mass is 443 g/mol. The van der Waals surface area contributed by atoms with E-state index >= 15 is 0 Å². The number of aromatic amines is 1. The standard InChI is InChI=1S/C18H16F3N3O5S/c1-29-14-7-4-5-12-17(14)11(10-22-12)9-16(18(19,20)21)23-30(27,28)15-8-3-2-6-13(15)24(25)26/h2-8,10,16,22-23H,9H2,1H3. The zero-order valence-electron chi connectivity index (χ0n) is 15.4. The Morgan fingerprint density at radius 1 is 1.20 bits per heavy atom. The fourth-order valence-corrected chi connectivity index (χ4v) is 4.48. The molecule has 8 nitrogen and oxygen atoms in total. The minimum Gasteiger partial charge on any atom is -0.496 e. The van der Waals surface area contributed by atoms with Crippen molar-refractivity contribution in [2.45, 2.75) is 23.5 Å². The van der Waals surface area contributed by atoms with Crippen LogP contribution in [0.15, 0.2) is 53.6 Å². The fourth-order valence-electron chi connectivity index (χ4n) is 3.08. The van der Waals surface area contributed by atoms with E-state index in [9.17, 15) is 31.7 Å². The minimum atomic E-state index is -4.96. The second-order valence-electron chi connectivity index (χ2n) is 6.34. The second-order valence-corrected chi connectivity index (χ2v) is 8.02. The summed E-state index contributed by atoms with van der Waals surface area (Å²) in [6, 6.07) is 6.53. The second kappa shape index (κ2) is 7.95. The summed E-state index contributed by atoms with van der Waals surface area (Å²) in [6.07, 6.45) is -4.36. The highest BCUT2D eigenvalue weighted by Crippen LogP contribution is 2.33. The Bertz CT molecular complexity index is 1190. The number of hydrogen-bond acceptors (Lipinski definition) is 5. The SMILES string of the molecule is COc1cccc2[nH]cc(CC(NS(=O)(=O)c3ccccc3[N+](=O)[O-])C(F)(F)F)c12. The van der Waals surface area contributed by atoms with Gasteiger partial charge in [-0.3, -0.25) is 10.1 Å². The molecule has 1 aromatic heterocycles. The number of alkyl halides is 3. The van der Waals surface area contributed by atoms with Crippen LogP contribution in [0, 0.1) is 10.1 Å². The molecule has 0 spiro atoms. The number of halogens is 3. The van der Waals surface area contributed by atoms with E-state index in [0.29, 0.717) is 16.7 Å². The van der Waals surface area contributed by atoms with Crippen molar-refractivity contribution < 1.29 is 31.2 Å². The number of H-pyrrole nitrogens is 1. The van der Waals surface area contributed by atoms with Crippen LogP contribution in [0.25, 0.3) is 10.9 Å². The topological polar surface area (TPSA) is 114 Å². The molecule has 2 aromatic carbocycles. The zero-order valence-corrected chi connectivity index (χ0v) is 16.3. The molecule has 0 aliphatic carbocycles. The van der Waals surface area contributed by atoms with E-state index in [2.05, 4.69) is 4.98 Å². The smallest absolute Gasteiger partial charge is 0.405 e. The van der Waals surface area contributed by atoms with Gasteiger partial charge in [0.2, 0.25) is 10.0 Å². The number of para-hydroxylation sites is 1. The molecular weight excluding hydrogens is 427 g/mol. The molecule has 0 aliphatic rings. The van der Waals surface area contributed by atoms with Crippen LogP contribution in [0.3, 0.4) is 0 Å². The van der Waals surface area contributed by atoms with Gasteiger partial charge in [0.15, 0.2) is 4.90 Å². The predicted octanol–water partition coefficient (Wildman–Crippen LogP) is 3.54. The molecule has 2 N–H and O–H groups in total. The number of sulfonamides is 1. The first-order valence-electron chi connectivity index (χ1n) is 8.50. The van der Waals surface area contributed by atoms with Gasteiger partial charge in [0.05, 0.1) is 12.0 Å². The molecule has 0 fully saturated rings. The number of nitrogens with zero attached hydrogens (tertiary/aromatic N) is 1. The van der Waals surface area contributed by atoms with Gasteiger partial charge in [-0.25, -0.2) is 8.42 Å². The van der Waals surface area contributed by atoms with E-state index in [-0.39, 0.29) is 5.56 Å². The van der Waals surface area contributed by atoms with Crippen molar-refractivity contribution in [2.24, 2.45) is 0 Å². The highest BCUT2D eigenvalue weighted by atomic mass is 32.2. The third-order valence-corrected chi connectivity index (χ3v) is 5.96. The molecule has 0 saturated heterocycles. The van der Waals surface area contributed by atoms with E-state index < -0.39 is 44.2 Å². The summed E-state index contributed by atoms with van der Waals surface area (Å²) >= 11 is 0. The predicted molar refractivity (Wildman–Crippen MR) is 102 cm³/mol. The Morgan fingerprint density at radius 3 is 2.53 bits per heavy atom. The van der Waals surface area contributed by atoms with Gasteiger partial charge in [-0.1, -0.05) is 18.2 Å². The summed E-state index contributed by atoms with van der Waals surface area (Å²) < 4.78 is 73.0. The molecule has 30 heavy (non-hydrogen) atoms. The summed E-state index contributed by atoms with van der Waals surface area (Å²) in [5.41, 5.74) is -0.124. The number of benzene rings is 2. The summed E-state index contributed by atoms with van der Waals surface area (Å²) in [5.74, 6) is 0.325. The van der Waals surface area contributed by atoms with E-state index in [1.54, 1.807) is 22.9 Å². The minimum absolute atomic E-state index is 0.176. The molecule has 0 bridgehead atoms. The number of nitro groups is 1. The number of rotatable bonds is 7. The number of nitrogens with one attached hydrogen (secondary N) is 2. The number of methoxy groups -OCH3 is 1. The summed E-state index contributed by atoms with van der Waals surface area (Å²) in [5, 5.41) is 11.5. The Kier molecular flexibility index (Phi) is 5.72. The van der Waals surface area contributed by atoms with Crippen LogP contribution < -0.4 is 9.46 Å². The molecule has 0 aliphatic heterocycles. The summed E-state index contributed by atoms with van der Waals surface area (Å²) in [7, 11) is -3.48. The van der Waals surface area contributed by atoms with Crippen molar-refractivity contribution in [2.75, 3.05) is 7.11 Å². The quantitative estimate of drug-likeness (QED) is 0.428. The molecule has 0 saturated carbocycles. The maximum absolute atomic E-state index is 13.7. The lowest BCUT2D eigenvalue weighted by molar-refractivity contribution is -0.387. The van der Waals surface area contributed by atoms with Gasteiger partial charge in [0.1, 0.15) is 11.8 Å². The first-order chi connectivity index (χ1) is 14.0. The third kappa shape index (κ3) is 4.24. The molecule has 3 rings (SSSR count). The molecule has 12 heteroatoms. The van der Waals surface area contributed by atoms with Crippen LogP contribution in [-0.2, 0) is 16.4 Å². The molecule has 160 valence electrons. The normalized spacial score (nSPS) is 13.3. The van der Waals surface area contributed by atoms with Gasteiger partial charge in [-0.2, -0.15) is 17.9 Å². The number of aromatic nitrogens is 1. The van der Waals surface area contributed by atoms with Crippen molar-refractivity contribution in [3.8, 4) is 5.75 Å². The molecule has 1 unspecified atom stereocenters. The largest absolute Gasteiger partial charge is 0.496 e. The van der Waals surface area contributed by atoms with Crippen LogP contribution in [0.1, 0.15) is 5.56 Å². The zero-order chi connectivity index (χ0) is 22.1. The van der Waals surface area contributed by atoms with Crippen molar-refractivity contribution >= 4 is 26.6 Å². The molecule has 0 amide bonds. The van der Waals surface area contributed by atoms with Gasteiger partial charge in [0.25, 0.3) is 5.69 Å². The molecule has 3 aromatic rings. The number of nitro benzene ring substituents is 1. The van der Waals surface area contributed by atoms with Crippen LogP contribution in [0.4, 0.5) is 18.9 Å². The van der Waals surface area contributed by atoms with E-state index in [1.807, 2.05) is 0 Å². The maximum Gasteiger partial charge on any atom is 0.405 e. The number of hydrogen-bond donors (Lipinski definition) is 2. The average Bonchev–Trinajstić information content (AvgIpc) is 3.09. The van der Waals surface area contributed by atoms with Crippen molar-refractivity contribution in [1.29, 1.82) is 0 Å². The molecule has 1 heterocycles. The van der Waals surface area contributed by atoms with Crippen LogP contribution in [0.2, 0.25) is 0 Å². The Morgan fingerprint density at radius 2 is 1.90 bits per heavy atom. The lowest BCUT2D eigenvalue weighted by atomic mass is 10.0. The molecule has 0 radical (unpaired) electrons. The van der Waals surface area contributed by atoms with Gasteiger partial charge >= 0.3 is 6.18 Å². The van der Waals surface area contributed by atoms with E-state index in [1.165, 1.54) is 25.4 Å². The molecule has 1 atom stereocenters. The Hall–Kier alpha value is -3.12. The first kappa shape index (κ1) is 21.6. The lowest BCUT2D eigenvalue weighted by Gasteiger charge is -2.21. The summed E-state index contributed by atoms with van der Waals surface area (Å²) in [6.45, 7) is 0. The number of fused-ring (bicyclic) bond motifs is 1. The Balaban J connectivity index is 2.01. The summed E-state index contributed by atoms with van der Waals surface area (Å²) in [4.78, 5) is 12.1. The van der Waals surface area contributed by atoms with Crippen molar-refractivity contribution in [3.63, 3.8) is 0 Å². The van der Waals surface area contributed by atoms with Crippen LogP contribution >= 0.6 is 0 Å². The van der Waals surface area contributed by atoms with Gasteiger partial charge in [0, 0.05) is 23.2 Å². The van der Waals surface area contributed by atoms with Gasteiger partial charge in [-0.15, -0.1) is 0 Å². The van der Waals surface area contributed by atoms with Gasteiger partial charge < -0.3 is 9.72 Å². The van der Waals surface area contributed by atoms with Crippen LogP contribution in [-0.4, -0.2) is 37.7 Å². The van der Waals surface area contributed by atoms with E-state index in [0.717, 1.165) is 12.1 Å². The molecular formula is C18H16F3N3O5S. The Labute approximate surface area is 168 Å². The number of ether oxygens (including phenoxy) is 1. The highest BCUT2D eigenvalue weighted by Gasteiger charge is 2.43.